The summed E-state index contributed by atoms with van der Waals surface area (Å²) < 4.78 is 98.9. The summed E-state index contributed by atoms with van der Waals surface area (Å²) in [5, 5.41) is 11.6. The van der Waals surface area contributed by atoms with Gasteiger partial charge in [-0.15, -0.1) is 11.8 Å². The van der Waals surface area contributed by atoms with Crippen molar-refractivity contribution in [3.05, 3.63) is 92.4 Å². The topological polar surface area (TPSA) is 65.8 Å². The molecule has 6 nitrogen and oxygen atoms in total. The van der Waals surface area contributed by atoms with Crippen LogP contribution in [0.2, 0.25) is 0 Å². The summed E-state index contributed by atoms with van der Waals surface area (Å²) in [6, 6.07) is 4.86. The molecule has 0 unspecified atom stereocenters. The zero-order valence-corrected chi connectivity index (χ0v) is 20.7. The van der Waals surface area contributed by atoms with Gasteiger partial charge in [0, 0.05) is 22.4 Å². The molecule has 2 aromatic carbocycles. The summed E-state index contributed by atoms with van der Waals surface area (Å²) in [5.74, 6) is -5.30. The molecular formula is C25H18F7N3O3S. The van der Waals surface area contributed by atoms with Crippen molar-refractivity contribution in [1.29, 1.82) is 0 Å². The normalized spacial score (nSPS) is 18.0. The number of aromatic hydroxyl groups is 1. The third-order valence-electron chi connectivity index (χ3n) is 6.82. The van der Waals surface area contributed by atoms with Gasteiger partial charge < -0.3 is 10.0 Å². The Kier molecular flexibility index (Phi) is 6.56. The van der Waals surface area contributed by atoms with Crippen LogP contribution in [0.25, 0.3) is 0 Å². The van der Waals surface area contributed by atoms with E-state index < -0.39 is 71.3 Å². The predicted octanol–water partition coefficient (Wildman–Crippen LogP) is 5.47. The maximum Gasteiger partial charge on any atom is 0.408 e. The Balaban J connectivity index is 1.84. The number of rotatable bonds is 3. The highest BCUT2D eigenvalue weighted by Gasteiger charge is 2.48. The van der Waals surface area contributed by atoms with E-state index in [1.807, 2.05) is 0 Å². The first kappa shape index (κ1) is 26.9. The fourth-order valence-electron chi connectivity index (χ4n) is 4.76. The number of carbonyl (C=O) groups is 1. The van der Waals surface area contributed by atoms with Gasteiger partial charge in [0.25, 0.3) is 12.3 Å². The van der Waals surface area contributed by atoms with Crippen LogP contribution < -0.4 is 10.4 Å². The van der Waals surface area contributed by atoms with E-state index in [1.54, 1.807) is 24.3 Å². The molecular weight excluding hydrogens is 555 g/mol. The largest absolute Gasteiger partial charge is 0.502 e. The molecule has 3 aromatic rings. The van der Waals surface area contributed by atoms with Crippen molar-refractivity contribution < 1.29 is 40.6 Å². The standard InChI is InChI=1S/C25H18F7N3O3S/c1-11(25(30,31)32)33-10-35(34-8-14(23(28)29)21(36)22(37)20(34)24(33)38)19-12-6-7-16(26)18(27)15(12)9-39-17-5-3-2-4-13(17)19/h2-8,11,19,23,37H,9-10H2,1H3/t11-,19+/m1/s1. The molecule has 1 amide bonds. The lowest BCUT2D eigenvalue weighted by atomic mass is 9.93. The number of amides is 1. The monoisotopic (exact) mass is 573 g/mol. The number of hydrogen-bond donors (Lipinski definition) is 1. The van der Waals surface area contributed by atoms with E-state index in [0.717, 1.165) is 22.8 Å². The Morgan fingerprint density at radius 2 is 1.74 bits per heavy atom. The third kappa shape index (κ3) is 4.30. The highest BCUT2D eigenvalue weighted by molar-refractivity contribution is 7.98. The van der Waals surface area contributed by atoms with Crippen molar-refractivity contribution in [3.8, 4) is 5.75 Å². The van der Waals surface area contributed by atoms with Gasteiger partial charge in [-0.2, -0.15) is 13.2 Å². The highest BCUT2D eigenvalue weighted by Crippen LogP contribution is 2.44. The van der Waals surface area contributed by atoms with Crippen LogP contribution in [0.5, 0.6) is 5.75 Å². The van der Waals surface area contributed by atoms with Gasteiger partial charge >= 0.3 is 6.18 Å². The van der Waals surface area contributed by atoms with Crippen molar-refractivity contribution >= 4 is 17.7 Å². The number of nitrogens with zero attached hydrogens (tertiary/aromatic N) is 3. The smallest absolute Gasteiger partial charge is 0.408 e. The number of halogens is 7. The molecule has 3 heterocycles. The first-order chi connectivity index (χ1) is 18.3. The molecule has 0 spiro atoms. The van der Waals surface area contributed by atoms with Crippen molar-refractivity contribution in [1.82, 2.24) is 9.58 Å². The molecule has 0 saturated carbocycles. The zero-order valence-electron chi connectivity index (χ0n) is 19.8. The lowest BCUT2D eigenvalue weighted by molar-refractivity contribution is -0.173. The van der Waals surface area contributed by atoms with E-state index in [2.05, 4.69) is 0 Å². The Morgan fingerprint density at radius 1 is 1.05 bits per heavy atom. The lowest BCUT2D eigenvalue weighted by Gasteiger charge is -2.46. The molecule has 0 aliphatic carbocycles. The van der Waals surface area contributed by atoms with Crippen molar-refractivity contribution in [2.75, 3.05) is 11.7 Å². The maximum absolute atomic E-state index is 15.0. The molecule has 1 aromatic heterocycles. The van der Waals surface area contributed by atoms with E-state index >= 15 is 4.39 Å². The number of pyridine rings is 1. The van der Waals surface area contributed by atoms with Crippen LogP contribution in [0, 0.1) is 11.6 Å². The summed E-state index contributed by atoms with van der Waals surface area (Å²) in [6.07, 6.45) is -7.76. The SMILES string of the molecule is C[C@@H](N1CN([C@@H]2c3ccccc3SCc3c2ccc(F)c3F)n2cc(C(F)F)c(=O)c(O)c2C1=O)C(F)(F)F. The predicted molar refractivity (Wildman–Crippen MR) is 126 cm³/mol. The summed E-state index contributed by atoms with van der Waals surface area (Å²) in [7, 11) is 0. The van der Waals surface area contributed by atoms with Crippen LogP contribution in [0.3, 0.4) is 0 Å². The molecule has 0 bridgehead atoms. The molecule has 0 saturated heterocycles. The fourth-order valence-corrected chi connectivity index (χ4v) is 5.87. The molecule has 0 radical (unpaired) electrons. The number of fused-ring (bicyclic) bond motifs is 3. The molecule has 1 N–H and O–H groups in total. The molecule has 39 heavy (non-hydrogen) atoms. The van der Waals surface area contributed by atoms with Gasteiger partial charge in [0.1, 0.15) is 12.7 Å². The minimum absolute atomic E-state index is 0.0631. The molecule has 2 aliphatic heterocycles. The van der Waals surface area contributed by atoms with Crippen molar-refractivity contribution in [2.24, 2.45) is 0 Å². The van der Waals surface area contributed by atoms with Crippen LogP contribution in [-0.2, 0) is 5.75 Å². The van der Waals surface area contributed by atoms with Gasteiger partial charge in [0.15, 0.2) is 23.1 Å². The zero-order chi connectivity index (χ0) is 28.4. The third-order valence-corrected chi connectivity index (χ3v) is 7.93. The molecule has 0 fully saturated rings. The van der Waals surface area contributed by atoms with Gasteiger partial charge in [-0.3, -0.25) is 19.3 Å². The second kappa shape index (κ2) is 9.50. The second-order valence-corrected chi connectivity index (χ2v) is 10.0. The van der Waals surface area contributed by atoms with E-state index in [9.17, 15) is 41.0 Å². The number of hydrogen-bond acceptors (Lipinski definition) is 5. The van der Waals surface area contributed by atoms with Gasteiger partial charge in [-0.1, -0.05) is 24.3 Å². The molecule has 5 rings (SSSR count). The molecule has 14 heteroatoms. The van der Waals surface area contributed by atoms with E-state index in [-0.39, 0.29) is 16.9 Å². The van der Waals surface area contributed by atoms with Gasteiger partial charge in [0.2, 0.25) is 5.43 Å². The van der Waals surface area contributed by atoms with Crippen molar-refractivity contribution in [2.45, 2.75) is 42.3 Å². The summed E-state index contributed by atoms with van der Waals surface area (Å²) in [5.41, 5.74) is -3.41. The Labute approximate surface area is 220 Å². The van der Waals surface area contributed by atoms with Crippen LogP contribution in [0.1, 0.15) is 52.1 Å². The Morgan fingerprint density at radius 3 is 2.41 bits per heavy atom. The minimum Gasteiger partial charge on any atom is -0.502 e. The number of carbonyl (C=O) groups excluding carboxylic acids is 1. The van der Waals surface area contributed by atoms with Crippen LogP contribution in [-0.4, -0.2) is 39.5 Å². The Hall–Kier alpha value is -3.68. The summed E-state index contributed by atoms with van der Waals surface area (Å²) in [6.45, 7) is -0.173. The highest BCUT2D eigenvalue weighted by atomic mass is 32.2. The number of aromatic nitrogens is 1. The molecule has 2 aliphatic rings. The minimum atomic E-state index is -4.94. The number of benzene rings is 2. The van der Waals surface area contributed by atoms with Crippen LogP contribution in [0.15, 0.2) is 52.3 Å². The fraction of sp³-hybridized carbons (Fsp3) is 0.280. The van der Waals surface area contributed by atoms with Gasteiger partial charge in [-0.25, -0.2) is 17.6 Å². The van der Waals surface area contributed by atoms with Crippen molar-refractivity contribution in [3.63, 3.8) is 0 Å². The van der Waals surface area contributed by atoms with Crippen LogP contribution >= 0.6 is 11.8 Å². The van der Waals surface area contributed by atoms with E-state index in [0.29, 0.717) is 33.2 Å². The average molecular weight is 573 g/mol. The summed E-state index contributed by atoms with van der Waals surface area (Å²) >= 11 is 1.13. The first-order valence-electron chi connectivity index (χ1n) is 11.4. The summed E-state index contributed by atoms with van der Waals surface area (Å²) in [4.78, 5) is 26.6. The average Bonchev–Trinajstić information content (AvgIpc) is 3.04. The molecule has 2 atom stereocenters. The quantitative estimate of drug-likeness (QED) is 0.422. The van der Waals surface area contributed by atoms with E-state index in [1.165, 1.54) is 6.07 Å². The van der Waals surface area contributed by atoms with Crippen LogP contribution in [0.4, 0.5) is 30.7 Å². The lowest BCUT2D eigenvalue weighted by Crippen LogP contribution is -2.60. The van der Waals surface area contributed by atoms with E-state index in [4.69, 9.17) is 0 Å². The number of alkyl halides is 5. The maximum atomic E-state index is 15.0. The van der Waals surface area contributed by atoms with Gasteiger partial charge in [0.05, 0.1) is 11.6 Å². The van der Waals surface area contributed by atoms with Gasteiger partial charge in [-0.05, 0) is 30.2 Å². The first-order valence-corrected chi connectivity index (χ1v) is 12.4. The number of thioether (sulfide) groups is 1. The second-order valence-electron chi connectivity index (χ2n) is 8.99. The molecule has 206 valence electrons. The Bertz CT molecular complexity index is 1540.